The Kier molecular flexibility index (Phi) is 2.98. The zero-order chi connectivity index (χ0) is 13.3. The molecule has 18 heavy (non-hydrogen) atoms. The molecule has 5 nitrogen and oxygen atoms in total. The molecule has 0 atom stereocenters. The molecule has 2 aromatic carbocycles. The average molecular weight is 266 g/mol. The Bertz CT molecular complexity index is 677. The summed E-state index contributed by atoms with van der Waals surface area (Å²) in [6.07, 6.45) is 0. The van der Waals surface area contributed by atoms with Crippen molar-refractivity contribution in [2.24, 2.45) is 0 Å². The lowest BCUT2D eigenvalue weighted by atomic mass is 10.0. The molecule has 2 rings (SSSR count). The van der Waals surface area contributed by atoms with Crippen molar-refractivity contribution >= 4 is 10.1 Å². The van der Waals surface area contributed by atoms with E-state index in [2.05, 4.69) is 0 Å². The molecule has 2 aromatic rings. The van der Waals surface area contributed by atoms with Crippen LogP contribution in [0.3, 0.4) is 0 Å². The summed E-state index contributed by atoms with van der Waals surface area (Å²) in [5, 5.41) is 19.4. The van der Waals surface area contributed by atoms with E-state index in [0.717, 1.165) is 6.07 Å². The van der Waals surface area contributed by atoms with Crippen LogP contribution < -0.4 is 0 Å². The molecule has 0 aliphatic rings. The van der Waals surface area contributed by atoms with Gasteiger partial charge in [0.2, 0.25) is 0 Å². The van der Waals surface area contributed by atoms with Crippen LogP contribution in [0.15, 0.2) is 47.4 Å². The standard InChI is InChI=1S/C12H10O5S/c13-11-9(8-4-2-1-3-5-8)6-7-10(12(11)14)18(15,16)17/h1-7,13-14H,(H,15,16,17). The maximum Gasteiger partial charge on any atom is 0.298 e. The lowest BCUT2D eigenvalue weighted by molar-refractivity contribution is 0.390. The second-order valence-corrected chi connectivity index (χ2v) is 5.04. The van der Waals surface area contributed by atoms with Gasteiger partial charge in [-0.1, -0.05) is 30.3 Å². The molecule has 0 fully saturated rings. The van der Waals surface area contributed by atoms with E-state index in [1.807, 2.05) is 0 Å². The van der Waals surface area contributed by atoms with Crippen molar-refractivity contribution in [1.82, 2.24) is 0 Å². The van der Waals surface area contributed by atoms with Gasteiger partial charge < -0.3 is 10.2 Å². The van der Waals surface area contributed by atoms with E-state index in [4.69, 9.17) is 4.55 Å². The summed E-state index contributed by atoms with van der Waals surface area (Å²) >= 11 is 0. The number of benzene rings is 2. The maximum absolute atomic E-state index is 10.9. The molecule has 0 aromatic heterocycles. The molecule has 0 saturated carbocycles. The van der Waals surface area contributed by atoms with Gasteiger partial charge >= 0.3 is 0 Å². The Balaban J connectivity index is 2.66. The summed E-state index contributed by atoms with van der Waals surface area (Å²) in [7, 11) is -4.56. The topological polar surface area (TPSA) is 94.8 Å². The van der Waals surface area contributed by atoms with Crippen LogP contribution in [0.5, 0.6) is 11.5 Å². The summed E-state index contributed by atoms with van der Waals surface area (Å²) in [5.41, 5.74) is 0.896. The van der Waals surface area contributed by atoms with Gasteiger partial charge in [0.15, 0.2) is 11.5 Å². The zero-order valence-corrected chi connectivity index (χ0v) is 9.92. The van der Waals surface area contributed by atoms with Crippen LogP contribution >= 0.6 is 0 Å². The van der Waals surface area contributed by atoms with Gasteiger partial charge in [0.25, 0.3) is 10.1 Å². The van der Waals surface area contributed by atoms with Crippen molar-refractivity contribution in [3.8, 4) is 22.6 Å². The zero-order valence-electron chi connectivity index (χ0n) is 9.11. The summed E-state index contributed by atoms with van der Waals surface area (Å²) in [4.78, 5) is -0.723. The van der Waals surface area contributed by atoms with E-state index in [1.165, 1.54) is 6.07 Å². The Morgan fingerprint density at radius 1 is 0.833 bits per heavy atom. The van der Waals surface area contributed by atoms with Crippen LogP contribution in [0, 0.1) is 0 Å². The molecule has 3 N–H and O–H groups in total. The first-order valence-electron chi connectivity index (χ1n) is 4.99. The maximum atomic E-state index is 10.9. The molecule has 0 spiro atoms. The Hall–Kier alpha value is -2.05. The number of aromatic hydroxyl groups is 2. The van der Waals surface area contributed by atoms with Crippen LogP contribution in [0.4, 0.5) is 0 Å². The van der Waals surface area contributed by atoms with Gasteiger partial charge in [-0.3, -0.25) is 4.55 Å². The Labute approximate surface area is 104 Å². The molecule has 0 aliphatic carbocycles. The van der Waals surface area contributed by atoms with Crippen LogP contribution in [0.25, 0.3) is 11.1 Å². The average Bonchev–Trinajstić information content (AvgIpc) is 2.32. The molecule has 6 heteroatoms. The third-order valence-electron chi connectivity index (χ3n) is 2.48. The molecular weight excluding hydrogens is 256 g/mol. The van der Waals surface area contributed by atoms with Gasteiger partial charge in [-0.05, 0) is 17.7 Å². The predicted molar refractivity (Wildman–Crippen MR) is 65.0 cm³/mol. The fourth-order valence-corrected chi connectivity index (χ4v) is 2.20. The van der Waals surface area contributed by atoms with Crippen molar-refractivity contribution in [3.05, 3.63) is 42.5 Å². The van der Waals surface area contributed by atoms with Crippen molar-refractivity contribution < 1.29 is 23.2 Å². The molecule has 0 heterocycles. The number of phenolic OH excluding ortho intramolecular Hbond substituents is 2. The SMILES string of the molecule is O=S(=O)(O)c1ccc(-c2ccccc2)c(O)c1O. The molecule has 0 bridgehead atoms. The lowest BCUT2D eigenvalue weighted by Gasteiger charge is -2.09. The first-order chi connectivity index (χ1) is 8.41. The minimum Gasteiger partial charge on any atom is -0.504 e. The molecule has 94 valence electrons. The van der Waals surface area contributed by atoms with Gasteiger partial charge in [-0.15, -0.1) is 0 Å². The van der Waals surface area contributed by atoms with E-state index in [0.29, 0.717) is 5.56 Å². The molecule has 0 saturated heterocycles. The fourth-order valence-electron chi connectivity index (χ4n) is 1.62. The monoisotopic (exact) mass is 266 g/mol. The van der Waals surface area contributed by atoms with Gasteiger partial charge in [0, 0.05) is 5.56 Å². The van der Waals surface area contributed by atoms with E-state index >= 15 is 0 Å². The highest BCUT2D eigenvalue weighted by Gasteiger charge is 2.20. The highest BCUT2D eigenvalue weighted by Crippen LogP contribution is 2.40. The number of phenols is 2. The highest BCUT2D eigenvalue weighted by molar-refractivity contribution is 7.86. The number of hydrogen-bond donors (Lipinski definition) is 3. The van der Waals surface area contributed by atoms with Gasteiger partial charge in [-0.25, -0.2) is 0 Å². The van der Waals surface area contributed by atoms with E-state index in [9.17, 15) is 18.6 Å². The molecule has 0 aliphatic heterocycles. The van der Waals surface area contributed by atoms with E-state index in [-0.39, 0.29) is 5.56 Å². The second kappa shape index (κ2) is 4.32. The van der Waals surface area contributed by atoms with Crippen molar-refractivity contribution in [2.75, 3.05) is 0 Å². The minimum atomic E-state index is -4.56. The molecule has 0 radical (unpaired) electrons. The molecule has 0 amide bonds. The van der Waals surface area contributed by atoms with E-state index in [1.54, 1.807) is 30.3 Å². The van der Waals surface area contributed by atoms with Crippen LogP contribution in [0.1, 0.15) is 0 Å². The predicted octanol–water partition coefficient (Wildman–Crippen LogP) is 2.01. The fraction of sp³-hybridized carbons (Fsp3) is 0. The number of hydrogen-bond acceptors (Lipinski definition) is 4. The summed E-state index contributed by atoms with van der Waals surface area (Å²) in [6, 6.07) is 11.0. The Morgan fingerprint density at radius 3 is 2.00 bits per heavy atom. The third kappa shape index (κ3) is 2.15. The smallest absolute Gasteiger partial charge is 0.298 e. The third-order valence-corrected chi connectivity index (χ3v) is 3.36. The second-order valence-electron chi connectivity index (χ2n) is 3.65. The summed E-state index contributed by atoms with van der Waals surface area (Å²) in [6.45, 7) is 0. The quantitative estimate of drug-likeness (QED) is 0.571. The van der Waals surface area contributed by atoms with Crippen LogP contribution in [0.2, 0.25) is 0 Å². The van der Waals surface area contributed by atoms with Gasteiger partial charge in [-0.2, -0.15) is 8.42 Å². The first-order valence-corrected chi connectivity index (χ1v) is 6.43. The van der Waals surface area contributed by atoms with Gasteiger partial charge in [0.05, 0.1) is 0 Å². The minimum absolute atomic E-state index is 0.278. The lowest BCUT2D eigenvalue weighted by Crippen LogP contribution is -1.98. The largest absolute Gasteiger partial charge is 0.504 e. The van der Waals surface area contributed by atoms with E-state index < -0.39 is 26.5 Å². The first kappa shape index (κ1) is 12.4. The van der Waals surface area contributed by atoms with Crippen molar-refractivity contribution in [1.29, 1.82) is 0 Å². The van der Waals surface area contributed by atoms with Crippen LogP contribution in [-0.2, 0) is 10.1 Å². The van der Waals surface area contributed by atoms with Gasteiger partial charge in [0.1, 0.15) is 4.90 Å². The molecule has 0 unspecified atom stereocenters. The summed E-state index contributed by atoms with van der Waals surface area (Å²) in [5.74, 6) is -1.45. The number of rotatable bonds is 2. The normalized spacial score (nSPS) is 11.4. The van der Waals surface area contributed by atoms with Crippen molar-refractivity contribution in [2.45, 2.75) is 4.90 Å². The Morgan fingerprint density at radius 2 is 1.44 bits per heavy atom. The molecular formula is C12H10O5S. The van der Waals surface area contributed by atoms with Crippen LogP contribution in [-0.4, -0.2) is 23.2 Å². The highest BCUT2D eigenvalue weighted by atomic mass is 32.2. The summed E-state index contributed by atoms with van der Waals surface area (Å²) < 4.78 is 30.7. The van der Waals surface area contributed by atoms with Crippen molar-refractivity contribution in [3.63, 3.8) is 0 Å².